The first-order valence-corrected chi connectivity index (χ1v) is 9.91. The number of hydrogen-bond donors (Lipinski definition) is 1. The monoisotopic (exact) mass is 427 g/mol. The fourth-order valence-electron chi connectivity index (χ4n) is 3.48. The van der Waals surface area contributed by atoms with Crippen molar-refractivity contribution in [3.8, 4) is 0 Å². The molecule has 4 rings (SSSR count). The second-order valence-electron chi connectivity index (χ2n) is 7.21. The van der Waals surface area contributed by atoms with Gasteiger partial charge in [-0.3, -0.25) is 4.79 Å². The maximum absolute atomic E-state index is 12.8. The Morgan fingerprint density at radius 2 is 1.93 bits per heavy atom. The number of piperidine rings is 1. The molecular formula is C21H22BrN3O2. The Balaban J connectivity index is 1.45. The van der Waals surface area contributed by atoms with E-state index in [2.05, 4.69) is 28.3 Å². The molecule has 2 aromatic carbocycles. The summed E-state index contributed by atoms with van der Waals surface area (Å²) < 4.78 is 0.999. The summed E-state index contributed by atoms with van der Waals surface area (Å²) in [5, 5.41) is 0. The van der Waals surface area contributed by atoms with Crippen LogP contribution < -0.4 is 5.48 Å². The number of carbonyl (C=O) groups is 1. The lowest BCUT2D eigenvalue weighted by Crippen LogP contribution is -2.46. The number of rotatable bonds is 2. The number of halogens is 1. The van der Waals surface area contributed by atoms with E-state index in [1.165, 1.54) is 5.56 Å². The van der Waals surface area contributed by atoms with Crippen molar-refractivity contribution in [1.82, 2.24) is 10.4 Å². The topological polar surface area (TPSA) is 53.9 Å². The normalized spacial score (nSPS) is 18.3. The van der Waals surface area contributed by atoms with Gasteiger partial charge in [-0.05, 0) is 49.2 Å². The van der Waals surface area contributed by atoms with Crippen LogP contribution >= 0.6 is 15.9 Å². The summed E-state index contributed by atoms with van der Waals surface area (Å²) in [7, 11) is 0. The van der Waals surface area contributed by atoms with Crippen LogP contribution in [-0.2, 0) is 4.84 Å². The number of likely N-dealkylation sites (tertiary alicyclic amines) is 1. The highest BCUT2D eigenvalue weighted by atomic mass is 79.9. The molecular weight excluding hydrogens is 406 g/mol. The summed E-state index contributed by atoms with van der Waals surface area (Å²) in [6.07, 6.45) is 1.35. The summed E-state index contributed by atoms with van der Waals surface area (Å²) >= 11 is 3.48. The molecule has 0 radical (unpaired) electrons. The molecule has 2 aliphatic heterocycles. The van der Waals surface area contributed by atoms with Crippen molar-refractivity contribution in [2.45, 2.75) is 32.4 Å². The third-order valence-corrected chi connectivity index (χ3v) is 5.83. The van der Waals surface area contributed by atoms with E-state index >= 15 is 0 Å². The third kappa shape index (κ3) is 3.64. The molecule has 6 heteroatoms. The van der Waals surface area contributed by atoms with E-state index in [9.17, 15) is 4.79 Å². The average molecular weight is 428 g/mol. The van der Waals surface area contributed by atoms with Gasteiger partial charge in [-0.25, -0.2) is 15.3 Å². The number of hydroxylamine groups is 1. The van der Waals surface area contributed by atoms with E-state index in [-0.39, 0.29) is 5.91 Å². The van der Waals surface area contributed by atoms with Crippen LogP contribution in [-0.4, -0.2) is 35.5 Å². The average Bonchev–Trinajstić information content (AvgIpc) is 3.08. The lowest BCUT2D eigenvalue weighted by Gasteiger charge is -2.35. The Labute approximate surface area is 167 Å². The highest BCUT2D eigenvalue weighted by Crippen LogP contribution is 2.32. The Kier molecular flexibility index (Phi) is 4.78. The van der Waals surface area contributed by atoms with Gasteiger partial charge in [0.15, 0.2) is 11.6 Å². The zero-order chi connectivity index (χ0) is 19.0. The zero-order valence-corrected chi connectivity index (χ0v) is 17.0. The summed E-state index contributed by atoms with van der Waals surface area (Å²) in [5.41, 5.74) is 6.46. The lowest BCUT2D eigenvalue weighted by atomic mass is 9.99. The van der Waals surface area contributed by atoms with Gasteiger partial charge in [0.05, 0.1) is 0 Å². The van der Waals surface area contributed by atoms with Crippen LogP contribution in [0.1, 0.15) is 39.9 Å². The van der Waals surface area contributed by atoms with Gasteiger partial charge in [0.2, 0.25) is 0 Å². The van der Waals surface area contributed by atoms with Crippen molar-refractivity contribution in [3.63, 3.8) is 0 Å². The summed E-state index contributed by atoms with van der Waals surface area (Å²) in [4.78, 5) is 25.4. The number of hydrogen-bond acceptors (Lipinski definition) is 4. The van der Waals surface area contributed by atoms with Crippen LogP contribution in [0.2, 0.25) is 0 Å². The van der Waals surface area contributed by atoms with Gasteiger partial charge >= 0.3 is 0 Å². The SMILES string of the molecule is Cc1ccc(C(=O)N2CCC3(CC2)N=C(c2cccc(Br)c2)NO3)cc1C. The molecule has 27 heavy (non-hydrogen) atoms. The molecule has 5 nitrogen and oxygen atoms in total. The van der Waals surface area contributed by atoms with E-state index < -0.39 is 5.72 Å². The molecule has 2 heterocycles. The number of benzene rings is 2. The quantitative estimate of drug-likeness (QED) is 0.788. The molecule has 0 aromatic heterocycles. The maximum atomic E-state index is 12.8. The van der Waals surface area contributed by atoms with Crippen LogP contribution in [0.15, 0.2) is 51.9 Å². The number of aliphatic imine (C=N–C) groups is 1. The molecule has 1 amide bonds. The van der Waals surface area contributed by atoms with Crippen molar-refractivity contribution >= 4 is 27.7 Å². The Bertz CT molecular complexity index is 917. The fourth-order valence-corrected chi connectivity index (χ4v) is 3.88. The molecule has 1 N–H and O–H groups in total. The van der Waals surface area contributed by atoms with Crippen molar-refractivity contribution in [2.24, 2.45) is 4.99 Å². The van der Waals surface area contributed by atoms with Gasteiger partial charge in [-0.15, -0.1) is 0 Å². The van der Waals surface area contributed by atoms with Gasteiger partial charge in [0, 0.05) is 41.5 Å². The molecule has 0 unspecified atom stereocenters. The Hall–Kier alpha value is -2.18. The van der Waals surface area contributed by atoms with Gasteiger partial charge in [0.25, 0.3) is 5.91 Å². The van der Waals surface area contributed by atoms with E-state index in [1.54, 1.807) is 0 Å². The highest BCUT2D eigenvalue weighted by Gasteiger charge is 2.41. The first kappa shape index (κ1) is 18.2. The van der Waals surface area contributed by atoms with Crippen LogP contribution in [0, 0.1) is 13.8 Å². The minimum atomic E-state index is -0.586. The Morgan fingerprint density at radius 3 is 2.63 bits per heavy atom. The third-order valence-electron chi connectivity index (χ3n) is 5.34. The second-order valence-corrected chi connectivity index (χ2v) is 8.13. The van der Waals surface area contributed by atoms with Gasteiger partial charge in [-0.1, -0.05) is 34.1 Å². The van der Waals surface area contributed by atoms with Crippen molar-refractivity contribution in [2.75, 3.05) is 13.1 Å². The molecule has 0 bridgehead atoms. The summed E-state index contributed by atoms with van der Waals surface area (Å²) in [5.74, 6) is 0.820. The lowest BCUT2D eigenvalue weighted by molar-refractivity contribution is -0.0849. The van der Waals surface area contributed by atoms with E-state index in [1.807, 2.05) is 54.3 Å². The molecule has 140 valence electrons. The number of aryl methyl sites for hydroxylation is 2. The van der Waals surface area contributed by atoms with E-state index in [0.717, 1.165) is 27.0 Å². The van der Waals surface area contributed by atoms with Crippen LogP contribution in [0.25, 0.3) is 0 Å². The fraction of sp³-hybridized carbons (Fsp3) is 0.333. The smallest absolute Gasteiger partial charge is 0.253 e. The van der Waals surface area contributed by atoms with Crippen molar-refractivity contribution in [3.05, 3.63) is 69.2 Å². The Morgan fingerprint density at radius 1 is 1.15 bits per heavy atom. The first-order valence-electron chi connectivity index (χ1n) is 9.12. The van der Waals surface area contributed by atoms with Crippen molar-refractivity contribution in [1.29, 1.82) is 0 Å². The molecule has 0 aliphatic carbocycles. The van der Waals surface area contributed by atoms with Crippen molar-refractivity contribution < 1.29 is 9.63 Å². The molecule has 0 atom stereocenters. The van der Waals surface area contributed by atoms with E-state index in [4.69, 9.17) is 9.83 Å². The number of nitrogens with zero attached hydrogens (tertiary/aromatic N) is 2. The number of nitrogens with one attached hydrogen (secondary N) is 1. The van der Waals surface area contributed by atoms with Gasteiger partial charge in [0.1, 0.15) is 0 Å². The maximum Gasteiger partial charge on any atom is 0.253 e. The number of carbonyl (C=O) groups excluding carboxylic acids is 1. The molecule has 1 spiro atoms. The van der Waals surface area contributed by atoms with Gasteiger partial charge in [-0.2, -0.15) is 0 Å². The van der Waals surface area contributed by atoms with Gasteiger partial charge < -0.3 is 4.90 Å². The molecule has 0 saturated carbocycles. The predicted molar refractivity (Wildman–Crippen MR) is 109 cm³/mol. The summed E-state index contributed by atoms with van der Waals surface area (Å²) in [6.45, 7) is 5.35. The molecule has 2 aromatic rings. The minimum absolute atomic E-state index is 0.0788. The highest BCUT2D eigenvalue weighted by molar-refractivity contribution is 9.10. The largest absolute Gasteiger partial charge is 0.338 e. The number of amides is 1. The zero-order valence-electron chi connectivity index (χ0n) is 15.5. The van der Waals surface area contributed by atoms with Crippen LogP contribution in [0.5, 0.6) is 0 Å². The number of amidine groups is 1. The minimum Gasteiger partial charge on any atom is -0.338 e. The molecule has 2 aliphatic rings. The molecule has 1 fully saturated rings. The van der Waals surface area contributed by atoms with E-state index in [0.29, 0.717) is 25.9 Å². The standard InChI is InChI=1S/C21H22BrN3O2/c1-14-6-7-17(12-15(14)2)20(26)25-10-8-21(9-11-25)23-19(24-27-21)16-4-3-5-18(22)13-16/h3-7,12-13H,8-11H2,1-2H3,(H,23,24). The first-order chi connectivity index (χ1) is 13.0. The van der Waals surface area contributed by atoms with Crippen LogP contribution in [0.4, 0.5) is 0 Å². The molecule has 1 saturated heterocycles. The second kappa shape index (κ2) is 7.09. The summed E-state index contributed by atoms with van der Waals surface area (Å²) in [6, 6.07) is 13.8. The predicted octanol–water partition coefficient (Wildman–Crippen LogP) is 3.98. The van der Waals surface area contributed by atoms with Crippen LogP contribution in [0.3, 0.4) is 0 Å².